The van der Waals surface area contributed by atoms with Gasteiger partial charge in [0.25, 0.3) is 0 Å². The second-order valence-electron chi connectivity index (χ2n) is 3.98. The van der Waals surface area contributed by atoms with Crippen molar-refractivity contribution in [2.45, 2.75) is 38.0 Å². The normalized spacial score (nSPS) is 9.58. The number of ether oxygens (including phenoxy) is 1. The molecule has 0 radical (unpaired) electrons. The average molecular weight is 276 g/mol. The molecule has 19 heavy (non-hydrogen) atoms. The van der Waals surface area contributed by atoms with Crippen LogP contribution in [0.3, 0.4) is 0 Å². The van der Waals surface area contributed by atoms with Gasteiger partial charge in [0, 0.05) is 9.80 Å². The van der Waals surface area contributed by atoms with E-state index in [1.165, 1.54) is 11.0 Å². The number of thioether (sulfide) groups is 1. The van der Waals surface area contributed by atoms with Crippen molar-refractivity contribution in [3.05, 3.63) is 47.0 Å². The molecule has 0 N–H and O–H groups in total. The van der Waals surface area contributed by atoms with Gasteiger partial charge in [-0.05, 0) is 31.9 Å². The molecule has 1 aromatic rings. The fourth-order valence-corrected chi connectivity index (χ4v) is 2.39. The lowest BCUT2D eigenvalue weighted by Crippen LogP contribution is -1.98. The first-order valence-electron chi connectivity index (χ1n) is 6.61. The van der Waals surface area contributed by atoms with Crippen LogP contribution >= 0.6 is 11.8 Å². The van der Waals surface area contributed by atoms with Gasteiger partial charge in [0.15, 0.2) is 0 Å². The minimum Gasteiger partial charge on any atom is -0.462 e. The fourth-order valence-electron chi connectivity index (χ4n) is 1.44. The minimum absolute atomic E-state index is 0.329. The Morgan fingerprint density at radius 1 is 1.32 bits per heavy atom. The van der Waals surface area contributed by atoms with Gasteiger partial charge in [0.05, 0.1) is 12.7 Å². The number of rotatable bonds is 7. The van der Waals surface area contributed by atoms with Gasteiger partial charge in [-0.3, -0.25) is 0 Å². The molecule has 2 nitrogen and oxygen atoms in total. The first-order valence-corrected chi connectivity index (χ1v) is 7.43. The Hall–Kier alpha value is -1.44. The molecule has 1 rings (SSSR count). The zero-order valence-corrected chi connectivity index (χ0v) is 12.3. The molecule has 0 atom stereocenters. The lowest BCUT2D eigenvalue weighted by Gasteiger charge is -2.03. The summed E-state index contributed by atoms with van der Waals surface area (Å²) in [6.45, 7) is 4.35. The van der Waals surface area contributed by atoms with E-state index in [0.717, 1.165) is 24.2 Å². The topological polar surface area (TPSA) is 26.3 Å². The maximum atomic E-state index is 11.3. The number of carbonyl (C=O) groups excluding carboxylic acids is 1. The van der Waals surface area contributed by atoms with Gasteiger partial charge >= 0.3 is 5.97 Å². The highest BCUT2D eigenvalue weighted by Crippen LogP contribution is 2.28. The van der Waals surface area contributed by atoms with E-state index in [4.69, 9.17) is 4.74 Å². The summed E-state index contributed by atoms with van der Waals surface area (Å²) >= 11 is 1.66. The van der Waals surface area contributed by atoms with Gasteiger partial charge in [-0.2, -0.15) is 0 Å². The Morgan fingerprint density at radius 2 is 2.05 bits per heavy atom. The number of esters is 1. The number of unbranched alkanes of at least 4 members (excludes halogenated alkanes) is 1. The van der Waals surface area contributed by atoms with E-state index in [1.807, 2.05) is 18.2 Å². The molecular weight excluding hydrogens is 256 g/mol. The van der Waals surface area contributed by atoms with Gasteiger partial charge in [-0.15, -0.1) is 5.73 Å². The maximum Gasteiger partial charge on any atom is 0.338 e. The van der Waals surface area contributed by atoms with Crippen molar-refractivity contribution in [2.75, 3.05) is 6.61 Å². The third-order valence-electron chi connectivity index (χ3n) is 2.38. The third kappa shape index (κ3) is 6.90. The summed E-state index contributed by atoms with van der Waals surface area (Å²) in [5, 5.41) is 0. The summed E-state index contributed by atoms with van der Waals surface area (Å²) in [6, 6.07) is 10.1. The summed E-state index contributed by atoms with van der Waals surface area (Å²) in [4.78, 5) is 13.5. The summed E-state index contributed by atoms with van der Waals surface area (Å²) in [5.41, 5.74) is 3.07. The van der Waals surface area contributed by atoms with E-state index >= 15 is 0 Å². The Labute approximate surface area is 119 Å². The number of hydrogen-bond donors (Lipinski definition) is 0. The van der Waals surface area contributed by atoms with Crippen LogP contribution in [0.2, 0.25) is 0 Å². The Balaban J connectivity index is 2.76. The van der Waals surface area contributed by atoms with E-state index in [0.29, 0.717) is 6.61 Å². The predicted octanol–water partition coefficient (Wildman–Crippen LogP) is 4.57. The van der Waals surface area contributed by atoms with Gasteiger partial charge in [-0.1, -0.05) is 43.3 Å². The van der Waals surface area contributed by atoms with E-state index in [1.54, 1.807) is 18.7 Å². The van der Waals surface area contributed by atoms with Crippen LogP contribution in [0.5, 0.6) is 0 Å². The van der Waals surface area contributed by atoms with Crippen molar-refractivity contribution < 1.29 is 9.53 Å². The minimum atomic E-state index is -0.329. The van der Waals surface area contributed by atoms with Gasteiger partial charge < -0.3 is 4.74 Å². The largest absolute Gasteiger partial charge is 0.462 e. The quantitative estimate of drug-likeness (QED) is 0.316. The highest BCUT2D eigenvalue weighted by atomic mass is 32.2. The summed E-state index contributed by atoms with van der Waals surface area (Å²) in [5.74, 6) is -0.329. The van der Waals surface area contributed by atoms with Crippen molar-refractivity contribution in [1.29, 1.82) is 0 Å². The molecule has 0 aliphatic heterocycles. The zero-order valence-electron chi connectivity index (χ0n) is 11.5. The van der Waals surface area contributed by atoms with Gasteiger partial charge in [0.1, 0.15) is 0 Å². The van der Waals surface area contributed by atoms with Crippen LogP contribution in [-0.4, -0.2) is 12.6 Å². The summed E-state index contributed by atoms with van der Waals surface area (Å²) in [6.07, 6.45) is 4.55. The molecule has 0 aliphatic rings. The Bertz CT molecular complexity index is 445. The first kappa shape index (κ1) is 15.6. The van der Waals surface area contributed by atoms with Gasteiger partial charge in [-0.25, -0.2) is 4.79 Å². The lowest BCUT2D eigenvalue weighted by molar-refractivity contribution is -0.137. The molecule has 0 aromatic heterocycles. The van der Waals surface area contributed by atoms with Crippen LogP contribution in [0, 0.1) is 0 Å². The Kier molecular flexibility index (Phi) is 7.80. The third-order valence-corrected chi connectivity index (χ3v) is 3.46. The van der Waals surface area contributed by atoms with Crippen molar-refractivity contribution in [1.82, 2.24) is 0 Å². The maximum absolute atomic E-state index is 11.3. The van der Waals surface area contributed by atoms with Crippen LogP contribution in [0.1, 0.15) is 33.1 Å². The van der Waals surface area contributed by atoms with Crippen LogP contribution in [-0.2, 0) is 9.53 Å². The molecule has 0 fully saturated rings. The molecule has 0 saturated heterocycles. The molecule has 1 aromatic carbocycles. The summed E-state index contributed by atoms with van der Waals surface area (Å²) < 4.78 is 4.87. The highest BCUT2D eigenvalue weighted by molar-refractivity contribution is 8.03. The van der Waals surface area contributed by atoms with Gasteiger partial charge in [0.2, 0.25) is 0 Å². The number of benzene rings is 1. The van der Waals surface area contributed by atoms with Crippen molar-refractivity contribution >= 4 is 17.7 Å². The molecule has 0 bridgehead atoms. The second kappa shape index (κ2) is 9.48. The van der Waals surface area contributed by atoms with E-state index < -0.39 is 0 Å². The molecule has 0 aliphatic carbocycles. The number of hydrogen-bond acceptors (Lipinski definition) is 3. The molecule has 102 valence electrons. The molecule has 3 heteroatoms. The summed E-state index contributed by atoms with van der Waals surface area (Å²) in [7, 11) is 0. The fraction of sp³-hybridized carbons (Fsp3) is 0.375. The first-order chi connectivity index (χ1) is 9.26. The van der Waals surface area contributed by atoms with E-state index in [9.17, 15) is 4.79 Å². The molecule has 0 amide bonds. The lowest BCUT2D eigenvalue weighted by atomic mass is 10.2. The zero-order chi connectivity index (χ0) is 13.9. The molecule has 0 spiro atoms. The molecule has 0 saturated carbocycles. The van der Waals surface area contributed by atoms with Crippen molar-refractivity contribution in [3.8, 4) is 0 Å². The Morgan fingerprint density at radius 3 is 2.68 bits per heavy atom. The van der Waals surface area contributed by atoms with Crippen LogP contribution < -0.4 is 0 Å². The van der Waals surface area contributed by atoms with Crippen molar-refractivity contribution in [3.63, 3.8) is 0 Å². The number of carbonyl (C=O) groups is 1. The van der Waals surface area contributed by atoms with Crippen LogP contribution in [0.15, 0.2) is 51.9 Å². The average Bonchev–Trinajstić information content (AvgIpc) is 2.43. The van der Waals surface area contributed by atoms with E-state index in [2.05, 4.69) is 24.8 Å². The standard InChI is InChI=1S/C16H20O2S/c1-3-5-9-15(12-13-16(17)18-4-2)19-14-10-7-6-8-11-14/h6-8,10-11,13H,3-5,9H2,1-2H3. The molecular formula is C16H20O2S. The SMILES string of the molecule is CCCCC(=C=CC(=O)OCC)Sc1ccccc1. The monoisotopic (exact) mass is 276 g/mol. The molecule has 0 heterocycles. The smallest absolute Gasteiger partial charge is 0.338 e. The highest BCUT2D eigenvalue weighted by Gasteiger charge is 2.00. The van der Waals surface area contributed by atoms with Crippen molar-refractivity contribution in [2.24, 2.45) is 0 Å². The van der Waals surface area contributed by atoms with Crippen LogP contribution in [0.4, 0.5) is 0 Å². The van der Waals surface area contributed by atoms with Crippen LogP contribution in [0.25, 0.3) is 0 Å². The molecule has 0 unspecified atom stereocenters. The second-order valence-corrected chi connectivity index (χ2v) is 5.15. The van der Waals surface area contributed by atoms with E-state index in [-0.39, 0.29) is 5.97 Å². The predicted molar refractivity (Wildman–Crippen MR) is 80.1 cm³/mol.